The number of hydrogen-bond donors (Lipinski definition) is 1. The first-order valence-corrected chi connectivity index (χ1v) is 6.53. The van der Waals surface area contributed by atoms with Crippen LogP contribution >= 0.6 is 11.6 Å². The predicted octanol–water partition coefficient (Wildman–Crippen LogP) is 3.10. The Labute approximate surface area is 117 Å². The number of halogens is 1. The van der Waals surface area contributed by atoms with E-state index in [0.717, 1.165) is 5.69 Å². The molecule has 2 rings (SSSR count). The van der Waals surface area contributed by atoms with Crippen molar-refractivity contribution in [2.24, 2.45) is 0 Å². The van der Waals surface area contributed by atoms with Gasteiger partial charge in [0.2, 0.25) is 0 Å². The van der Waals surface area contributed by atoms with Crippen LogP contribution in [0.5, 0.6) is 0 Å². The van der Waals surface area contributed by atoms with Crippen LogP contribution in [0.2, 0.25) is 5.02 Å². The lowest BCUT2D eigenvalue weighted by Gasteiger charge is -2.04. The Morgan fingerprint density at radius 2 is 1.95 bits per heavy atom. The third kappa shape index (κ3) is 4.47. The number of aromatic nitrogens is 1. The van der Waals surface area contributed by atoms with Crippen LogP contribution in [0.25, 0.3) is 0 Å². The summed E-state index contributed by atoms with van der Waals surface area (Å²) >= 11 is 5.78. The molecule has 0 saturated heterocycles. The molecular weight excluding hydrogens is 260 g/mol. The van der Waals surface area contributed by atoms with Crippen LogP contribution in [-0.2, 0) is 6.54 Å². The van der Waals surface area contributed by atoms with Gasteiger partial charge < -0.3 is 5.32 Å². The van der Waals surface area contributed by atoms with Crippen molar-refractivity contribution in [3.63, 3.8) is 0 Å². The Morgan fingerprint density at radius 3 is 2.63 bits per heavy atom. The molecule has 19 heavy (non-hydrogen) atoms. The molecule has 1 aromatic heterocycles. The van der Waals surface area contributed by atoms with Crippen molar-refractivity contribution >= 4 is 17.4 Å². The van der Waals surface area contributed by atoms with E-state index in [0.29, 0.717) is 30.1 Å². The zero-order valence-electron chi connectivity index (χ0n) is 10.5. The minimum Gasteiger partial charge on any atom is -0.311 e. The Balaban J connectivity index is 1.74. The molecule has 0 amide bonds. The maximum Gasteiger partial charge on any atom is 0.164 e. The quantitative estimate of drug-likeness (QED) is 0.650. The maximum absolute atomic E-state index is 11.9. The lowest BCUT2D eigenvalue weighted by Crippen LogP contribution is -2.18. The number of Topliss-reactive ketones (excluding diaryl/α,β-unsaturated/α-hetero) is 1. The van der Waals surface area contributed by atoms with Gasteiger partial charge in [-0.15, -0.1) is 0 Å². The van der Waals surface area contributed by atoms with Gasteiger partial charge >= 0.3 is 0 Å². The molecule has 0 atom stereocenters. The predicted molar refractivity (Wildman–Crippen MR) is 76.3 cm³/mol. The first kappa shape index (κ1) is 13.7. The van der Waals surface area contributed by atoms with Gasteiger partial charge in [-0.05, 0) is 36.4 Å². The van der Waals surface area contributed by atoms with Crippen LogP contribution in [0, 0.1) is 0 Å². The Morgan fingerprint density at radius 1 is 1.16 bits per heavy atom. The molecule has 0 aliphatic heterocycles. The van der Waals surface area contributed by atoms with Crippen molar-refractivity contribution in [1.82, 2.24) is 10.3 Å². The fraction of sp³-hybridized carbons (Fsp3) is 0.200. The Bertz CT molecular complexity index is 526. The number of rotatable bonds is 6. The summed E-state index contributed by atoms with van der Waals surface area (Å²) in [5.74, 6) is 0.116. The standard InChI is InChI=1S/C15H15ClN2O/c16-13-6-4-12(5-7-13)15(19)8-10-17-11-14-3-1-2-9-18-14/h1-7,9,17H,8,10-11H2. The van der Waals surface area contributed by atoms with Gasteiger partial charge in [-0.1, -0.05) is 17.7 Å². The number of ketones is 1. The molecule has 1 heterocycles. The van der Waals surface area contributed by atoms with Crippen LogP contribution in [0.15, 0.2) is 48.7 Å². The minimum atomic E-state index is 0.116. The van der Waals surface area contributed by atoms with Crippen molar-refractivity contribution in [1.29, 1.82) is 0 Å². The summed E-state index contributed by atoms with van der Waals surface area (Å²) in [6, 6.07) is 12.8. The molecule has 3 nitrogen and oxygen atoms in total. The molecule has 1 aromatic carbocycles. The van der Waals surface area contributed by atoms with E-state index in [4.69, 9.17) is 11.6 Å². The average Bonchev–Trinajstić information content (AvgIpc) is 2.45. The van der Waals surface area contributed by atoms with E-state index >= 15 is 0 Å². The number of carbonyl (C=O) groups excluding carboxylic acids is 1. The summed E-state index contributed by atoms with van der Waals surface area (Å²) in [5, 5.41) is 3.85. The molecule has 0 aliphatic carbocycles. The van der Waals surface area contributed by atoms with E-state index in [2.05, 4.69) is 10.3 Å². The molecule has 98 valence electrons. The molecule has 0 unspecified atom stereocenters. The second-order valence-electron chi connectivity index (χ2n) is 4.18. The molecule has 2 aromatic rings. The van der Waals surface area contributed by atoms with Crippen molar-refractivity contribution in [3.05, 3.63) is 64.9 Å². The Kier molecular flexibility index (Phi) is 5.07. The lowest BCUT2D eigenvalue weighted by molar-refractivity contribution is 0.0982. The van der Waals surface area contributed by atoms with Gasteiger partial charge in [-0.3, -0.25) is 9.78 Å². The first-order chi connectivity index (χ1) is 9.25. The molecule has 0 saturated carbocycles. The van der Waals surface area contributed by atoms with Crippen LogP contribution < -0.4 is 5.32 Å². The second-order valence-corrected chi connectivity index (χ2v) is 4.61. The van der Waals surface area contributed by atoms with Gasteiger partial charge in [0.1, 0.15) is 0 Å². The third-order valence-electron chi connectivity index (χ3n) is 2.73. The molecule has 0 aliphatic rings. The SMILES string of the molecule is O=C(CCNCc1ccccn1)c1ccc(Cl)cc1. The average molecular weight is 275 g/mol. The minimum absolute atomic E-state index is 0.116. The van der Waals surface area contributed by atoms with E-state index in [-0.39, 0.29) is 5.78 Å². The molecule has 0 spiro atoms. The lowest BCUT2D eigenvalue weighted by atomic mass is 10.1. The number of benzene rings is 1. The first-order valence-electron chi connectivity index (χ1n) is 6.15. The number of hydrogen-bond acceptors (Lipinski definition) is 3. The topological polar surface area (TPSA) is 42.0 Å². The summed E-state index contributed by atoms with van der Waals surface area (Å²) < 4.78 is 0. The third-order valence-corrected chi connectivity index (χ3v) is 2.98. The molecule has 0 radical (unpaired) electrons. The molecule has 4 heteroatoms. The highest BCUT2D eigenvalue weighted by atomic mass is 35.5. The highest BCUT2D eigenvalue weighted by Gasteiger charge is 2.04. The van der Waals surface area contributed by atoms with Crippen molar-refractivity contribution in [3.8, 4) is 0 Å². The zero-order valence-corrected chi connectivity index (χ0v) is 11.2. The van der Waals surface area contributed by atoms with Crippen LogP contribution in [-0.4, -0.2) is 17.3 Å². The second kappa shape index (κ2) is 7.02. The molecule has 0 bridgehead atoms. The number of nitrogens with zero attached hydrogens (tertiary/aromatic N) is 1. The molecular formula is C15H15ClN2O. The number of carbonyl (C=O) groups is 1. The highest BCUT2D eigenvalue weighted by Crippen LogP contribution is 2.10. The van der Waals surface area contributed by atoms with E-state index in [1.165, 1.54) is 0 Å². The Hall–Kier alpha value is -1.71. The van der Waals surface area contributed by atoms with Gasteiger partial charge in [-0.2, -0.15) is 0 Å². The highest BCUT2D eigenvalue weighted by molar-refractivity contribution is 6.30. The maximum atomic E-state index is 11.9. The molecule has 1 N–H and O–H groups in total. The summed E-state index contributed by atoms with van der Waals surface area (Å²) in [4.78, 5) is 16.1. The van der Waals surface area contributed by atoms with Crippen LogP contribution in [0.3, 0.4) is 0 Å². The smallest absolute Gasteiger partial charge is 0.164 e. The number of pyridine rings is 1. The van der Waals surface area contributed by atoms with Crippen LogP contribution in [0.1, 0.15) is 22.5 Å². The summed E-state index contributed by atoms with van der Waals surface area (Å²) in [5.41, 5.74) is 1.67. The van der Waals surface area contributed by atoms with E-state index < -0.39 is 0 Å². The van der Waals surface area contributed by atoms with Gasteiger partial charge in [0.05, 0.1) is 5.69 Å². The summed E-state index contributed by atoms with van der Waals surface area (Å²) in [6.45, 7) is 1.31. The van der Waals surface area contributed by atoms with Crippen LogP contribution in [0.4, 0.5) is 0 Å². The summed E-state index contributed by atoms with van der Waals surface area (Å²) in [7, 11) is 0. The van der Waals surface area contributed by atoms with Crippen molar-refractivity contribution in [2.75, 3.05) is 6.54 Å². The van der Waals surface area contributed by atoms with E-state index in [1.807, 2.05) is 18.2 Å². The van der Waals surface area contributed by atoms with Crippen molar-refractivity contribution in [2.45, 2.75) is 13.0 Å². The van der Waals surface area contributed by atoms with Gasteiger partial charge in [0.25, 0.3) is 0 Å². The number of nitrogens with one attached hydrogen (secondary N) is 1. The fourth-order valence-electron chi connectivity index (χ4n) is 1.70. The van der Waals surface area contributed by atoms with Crippen molar-refractivity contribution < 1.29 is 4.79 Å². The summed E-state index contributed by atoms with van der Waals surface area (Å²) in [6.07, 6.45) is 2.23. The largest absolute Gasteiger partial charge is 0.311 e. The van der Waals surface area contributed by atoms with Gasteiger partial charge in [0.15, 0.2) is 5.78 Å². The van der Waals surface area contributed by atoms with Gasteiger partial charge in [-0.25, -0.2) is 0 Å². The van der Waals surface area contributed by atoms with E-state index in [1.54, 1.807) is 30.5 Å². The molecule has 0 fully saturated rings. The fourth-order valence-corrected chi connectivity index (χ4v) is 1.83. The van der Waals surface area contributed by atoms with E-state index in [9.17, 15) is 4.79 Å². The van der Waals surface area contributed by atoms with Gasteiger partial charge in [0, 0.05) is 36.3 Å². The zero-order chi connectivity index (χ0) is 13.5. The monoisotopic (exact) mass is 274 g/mol. The normalized spacial score (nSPS) is 10.4.